The molecule has 1 aromatic heterocycles. The number of nitrogen functional groups attached to an aromatic ring is 1. The number of carbonyl (C=O) groups excluding carboxylic acids is 1. The van der Waals surface area contributed by atoms with E-state index >= 15 is 0 Å². The molecule has 0 aliphatic carbocycles. The van der Waals surface area contributed by atoms with Crippen LogP contribution in [0.1, 0.15) is 41.6 Å². The van der Waals surface area contributed by atoms with E-state index in [9.17, 15) is 14.0 Å². The van der Waals surface area contributed by atoms with Crippen molar-refractivity contribution in [3.05, 3.63) is 88.0 Å². The van der Waals surface area contributed by atoms with Gasteiger partial charge in [-0.3, -0.25) is 14.2 Å². The molecule has 30 heavy (non-hydrogen) atoms. The first-order valence-electron chi connectivity index (χ1n) is 10.2. The molecule has 0 unspecified atom stereocenters. The molecular weight excluding hydrogens is 381 g/mol. The van der Waals surface area contributed by atoms with Gasteiger partial charge >= 0.3 is 0 Å². The normalized spacial score (nSPS) is 14.4. The Balaban J connectivity index is 1.67. The summed E-state index contributed by atoms with van der Waals surface area (Å²) < 4.78 is 14.5. The Morgan fingerprint density at radius 2 is 1.40 bits per heavy atom. The summed E-state index contributed by atoms with van der Waals surface area (Å²) in [6.45, 7) is 2.06. The Hall–Kier alpha value is -3.41. The summed E-state index contributed by atoms with van der Waals surface area (Å²) in [5, 5.41) is 0. The Kier molecular flexibility index (Phi) is 5.65. The zero-order valence-electron chi connectivity index (χ0n) is 16.7. The number of ketones is 1. The molecule has 0 bridgehead atoms. The Labute approximate surface area is 174 Å². The molecule has 2 N–H and O–H groups in total. The number of nitrogens with zero attached hydrogens (tertiary/aromatic N) is 2. The van der Waals surface area contributed by atoms with E-state index in [1.54, 1.807) is 0 Å². The van der Waals surface area contributed by atoms with Gasteiger partial charge in [-0.2, -0.15) is 0 Å². The minimum Gasteiger partial charge on any atom is -0.384 e. The maximum Gasteiger partial charge on any atom is 0.256 e. The van der Waals surface area contributed by atoms with Gasteiger partial charge < -0.3 is 10.6 Å². The van der Waals surface area contributed by atoms with Gasteiger partial charge in [0.2, 0.25) is 0 Å². The maximum atomic E-state index is 13.2. The minimum absolute atomic E-state index is 0.0688. The Bertz CT molecular complexity index is 1100. The van der Waals surface area contributed by atoms with Gasteiger partial charge in [-0.15, -0.1) is 0 Å². The number of benzene rings is 2. The molecule has 1 saturated heterocycles. The minimum atomic E-state index is -0.422. The highest BCUT2D eigenvalue weighted by Gasteiger charge is 2.17. The quantitative estimate of drug-likeness (QED) is 0.662. The van der Waals surface area contributed by atoms with Crippen LogP contribution in [0.4, 0.5) is 15.9 Å². The molecule has 1 fully saturated rings. The second kappa shape index (κ2) is 8.53. The molecule has 5 nitrogen and oxygen atoms in total. The summed E-state index contributed by atoms with van der Waals surface area (Å²) in [4.78, 5) is 27.7. The van der Waals surface area contributed by atoms with Gasteiger partial charge in [-0.1, -0.05) is 12.8 Å². The van der Waals surface area contributed by atoms with E-state index in [0.717, 1.165) is 18.8 Å². The van der Waals surface area contributed by atoms with Gasteiger partial charge in [0.25, 0.3) is 5.56 Å². The van der Waals surface area contributed by atoms with Gasteiger partial charge in [-0.05, 0) is 67.4 Å². The smallest absolute Gasteiger partial charge is 0.256 e. The third-order valence-corrected chi connectivity index (χ3v) is 5.56. The fourth-order valence-corrected chi connectivity index (χ4v) is 3.91. The predicted molar refractivity (Wildman–Crippen MR) is 117 cm³/mol. The maximum absolute atomic E-state index is 13.2. The molecule has 1 aliphatic rings. The lowest BCUT2D eigenvalue weighted by molar-refractivity contribution is 0.103. The van der Waals surface area contributed by atoms with E-state index in [2.05, 4.69) is 4.90 Å². The van der Waals surface area contributed by atoms with Crippen LogP contribution < -0.4 is 16.2 Å². The van der Waals surface area contributed by atoms with Crippen LogP contribution in [0.15, 0.2) is 65.5 Å². The number of halogens is 1. The van der Waals surface area contributed by atoms with Crippen LogP contribution in [0, 0.1) is 5.82 Å². The van der Waals surface area contributed by atoms with Gasteiger partial charge in [0.15, 0.2) is 5.78 Å². The fraction of sp³-hybridized carbons (Fsp3) is 0.250. The van der Waals surface area contributed by atoms with Crippen molar-refractivity contribution in [1.82, 2.24) is 4.57 Å². The first-order chi connectivity index (χ1) is 14.5. The molecule has 0 atom stereocenters. The van der Waals surface area contributed by atoms with Crippen LogP contribution in [0.25, 0.3) is 5.69 Å². The van der Waals surface area contributed by atoms with Crippen molar-refractivity contribution < 1.29 is 9.18 Å². The van der Waals surface area contributed by atoms with E-state index in [0.29, 0.717) is 11.3 Å². The van der Waals surface area contributed by atoms with Gasteiger partial charge in [-0.25, -0.2) is 4.39 Å². The van der Waals surface area contributed by atoms with Gasteiger partial charge in [0.05, 0.1) is 11.3 Å². The molecule has 0 spiro atoms. The first kappa shape index (κ1) is 19.9. The second-order valence-electron chi connectivity index (χ2n) is 7.56. The molecule has 0 radical (unpaired) electrons. The van der Waals surface area contributed by atoms with E-state index in [4.69, 9.17) is 5.73 Å². The van der Waals surface area contributed by atoms with E-state index in [1.165, 1.54) is 66.6 Å². The third kappa shape index (κ3) is 3.99. The number of anilines is 2. The number of nitrogens with two attached hydrogens (primary N) is 1. The highest BCUT2D eigenvalue weighted by Crippen LogP contribution is 2.23. The van der Waals surface area contributed by atoms with Crippen LogP contribution >= 0.6 is 0 Å². The fourth-order valence-electron chi connectivity index (χ4n) is 3.91. The largest absolute Gasteiger partial charge is 0.384 e. The number of pyridine rings is 1. The Morgan fingerprint density at radius 3 is 2.03 bits per heavy atom. The molecule has 154 valence electrons. The summed E-state index contributed by atoms with van der Waals surface area (Å²) in [7, 11) is 0. The number of carbonyl (C=O) groups is 1. The number of aromatic nitrogens is 1. The number of hydrogen-bond donors (Lipinski definition) is 1. The summed E-state index contributed by atoms with van der Waals surface area (Å²) in [5.41, 5.74) is 8.16. The molecule has 2 aromatic carbocycles. The second-order valence-corrected chi connectivity index (χ2v) is 7.56. The summed E-state index contributed by atoms with van der Waals surface area (Å²) in [6.07, 6.45) is 4.88. The molecular formula is C24H24FN3O2. The molecule has 0 amide bonds. The van der Waals surface area contributed by atoms with E-state index < -0.39 is 5.82 Å². The molecule has 4 rings (SSSR count). The lowest BCUT2D eigenvalue weighted by atomic mass is 10.0. The summed E-state index contributed by atoms with van der Waals surface area (Å²) >= 11 is 0. The van der Waals surface area contributed by atoms with Crippen molar-refractivity contribution in [2.24, 2.45) is 0 Å². The van der Waals surface area contributed by atoms with E-state index in [1.807, 2.05) is 24.3 Å². The average molecular weight is 405 g/mol. The topological polar surface area (TPSA) is 68.3 Å². The zero-order chi connectivity index (χ0) is 21.1. The molecule has 2 heterocycles. The lowest BCUT2D eigenvalue weighted by Gasteiger charge is -2.23. The third-order valence-electron chi connectivity index (χ3n) is 5.56. The van der Waals surface area contributed by atoms with Crippen LogP contribution in [-0.4, -0.2) is 23.4 Å². The number of rotatable bonds is 4. The van der Waals surface area contributed by atoms with Crippen LogP contribution in [-0.2, 0) is 0 Å². The van der Waals surface area contributed by atoms with Crippen molar-refractivity contribution in [1.29, 1.82) is 0 Å². The van der Waals surface area contributed by atoms with Crippen LogP contribution in [0.3, 0.4) is 0 Å². The SMILES string of the molecule is Nc1c(C(=O)c2ccc(F)cc2)ccc(=O)n1-c1ccc(N2CCCCCC2)cc1. The standard InChI is InChI=1S/C24H24FN3O2/c25-18-7-5-17(6-8-18)23(30)21-13-14-22(29)28(24(21)26)20-11-9-19(10-12-20)27-15-3-1-2-4-16-27/h5-14H,1-4,15-16,26H2. The Morgan fingerprint density at radius 1 is 0.800 bits per heavy atom. The molecule has 0 saturated carbocycles. The summed E-state index contributed by atoms with van der Waals surface area (Å²) in [6, 6.07) is 15.7. The average Bonchev–Trinajstić information content (AvgIpc) is 3.04. The van der Waals surface area contributed by atoms with Gasteiger partial charge in [0, 0.05) is 30.4 Å². The zero-order valence-corrected chi connectivity index (χ0v) is 16.7. The first-order valence-corrected chi connectivity index (χ1v) is 10.2. The molecule has 1 aliphatic heterocycles. The monoisotopic (exact) mass is 405 g/mol. The summed E-state index contributed by atoms with van der Waals surface area (Å²) in [5.74, 6) is -0.712. The predicted octanol–water partition coefficient (Wildman–Crippen LogP) is 4.17. The van der Waals surface area contributed by atoms with Crippen molar-refractivity contribution in [2.75, 3.05) is 23.7 Å². The number of hydrogen-bond acceptors (Lipinski definition) is 4. The van der Waals surface area contributed by atoms with E-state index in [-0.39, 0.29) is 22.7 Å². The van der Waals surface area contributed by atoms with Crippen LogP contribution in [0.5, 0.6) is 0 Å². The van der Waals surface area contributed by atoms with Crippen molar-refractivity contribution in [3.8, 4) is 5.69 Å². The lowest BCUT2D eigenvalue weighted by Crippen LogP contribution is -2.25. The van der Waals surface area contributed by atoms with Crippen molar-refractivity contribution in [2.45, 2.75) is 25.7 Å². The van der Waals surface area contributed by atoms with Gasteiger partial charge in [0.1, 0.15) is 11.6 Å². The highest BCUT2D eigenvalue weighted by atomic mass is 19.1. The van der Waals surface area contributed by atoms with Crippen LogP contribution in [0.2, 0.25) is 0 Å². The van der Waals surface area contributed by atoms with Crippen molar-refractivity contribution >= 4 is 17.3 Å². The molecule has 3 aromatic rings. The van der Waals surface area contributed by atoms with Crippen molar-refractivity contribution in [3.63, 3.8) is 0 Å². The molecule has 6 heteroatoms. The highest BCUT2D eigenvalue weighted by molar-refractivity contribution is 6.11.